The summed E-state index contributed by atoms with van der Waals surface area (Å²) in [6.07, 6.45) is 0. The van der Waals surface area contributed by atoms with Crippen molar-refractivity contribution in [2.24, 2.45) is 4.40 Å². The molecule has 24 heavy (non-hydrogen) atoms. The Morgan fingerprint density at radius 3 is 2.46 bits per heavy atom. The minimum absolute atomic E-state index is 0.0718. The molecule has 3 rings (SSSR count). The lowest BCUT2D eigenvalue weighted by Crippen LogP contribution is -2.18. The van der Waals surface area contributed by atoms with Gasteiger partial charge in [0.15, 0.2) is 5.04 Å². The maximum Gasteiger partial charge on any atom is 0.284 e. The molecule has 124 valence electrons. The lowest BCUT2D eigenvalue weighted by atomic mass is 10.1. The van der Waals surface area contributed by atoms with Crippen LogP contribution in [0.3, 0.4) is 0 Å². The van der Waals surface area contributed by atoms with Crippen LogP contribution in [0.2, 0.25) is 15.1 Å². The van der Waals surface area contributed by atoms with Crippen molar-refractivity contribution in [3.8, 4) is 0 Å². The summed E-state index contributed by atoms with van der Waals surface area (Å²) in [7, 11) is -3.98. The minimum Gasteiger partial charge on any atom is -0.286 e. The molecule has 0 spiro atoms. The molecule has 2 aromatic rings. The molecular formula is C15H8Cl3NO3S2. The largest absolute Gasteiger partial charge is 0.286 e. The molecule has 1 aliphatic heterocycles. The monoisotopic (exact) mass is 419 g/mol. The number of rotatable bonds is 2. The maximum absolute atomic E-state index is 12.6. The van der Waals surface area contributed by atoms with E-state index in [1.807, 2.05) is 0 Å². The average Bonchev–Trinajstić information content (AvgIpc) is 2.47. The lowest BCUT2D eigenvalue weighted by molar-refractivity contribution is 0.106. The summed E-state index contributed by atoms with van der Waals surface area (Å²) in [5.74, 6) is -0.551. The molecular weight excluding hydrogens is 413 g/mol. The van der Waals surface area contributed by atoms with Gasteiger partial charge in [-0.05, 0) is 42.8 Å². The Balaban J connectivity index is 2.09. The molecule has 2 aromatic carbocycles. The van der Waals surface area contributed by atoms with Crippen molar-refractivity contribution in [1.29, 1.82) is 0 Å². The fraction of sp³-hybridized carbons (Fsp3) is 0.0667. The summed E-state index contributed by atoms with van der Waals surface area (Å²) in [6.45, 7) is 1.63. The smallest absolute Gasteiger partial charge is 0.284 e. The van der Waals surface area contributed by atoms with Crippen molar-refractivity contribution in [3.05, 3.63) is 56.5 Å². The fourth-order valence-corrected chi connectivity index (χ4v) is 5.78. The van der Waals surface area contributed by atoms with E-state index < -0.39 is 15.8 Å². The van der Waals surface area contributed by atoms with Gasteiger partial charge in [-0.1, -0.05) is 46.6 Å². The topological polar surface area (TPSA) is 63.6 Å². The van der Waals surface area contributed by atoms with E-state index in [-0.39, 0.29) is 20.5 Å². The molecule has 9 heteroatoms. The zero-order valence-electron chi connectivity index (χ0n) is 12.0. The standard InChI is InChI=1S/C15H8Cl3NO3S2/c1-7-4-9(16)6-12-14(7)24(21,22)19-15(23-12)13(20)8-2-3-10(17)11(18)5-8/h2-6H,1H3. The number of carbonyl (C=O) groups is 1. The van der Waals surface area contributed by atoms with Crippen LogP contribution in [-0.4, -0.2) is 19.2 Å². The second-order valence-corrected chi connectivity index (χ2v) is 8.80. The minimum atomic E-state index is -3.98. The zero-order chi connectivity index (χ0) is 17.6. The van der Waals surface area contributed by atoms with Gasteiger partial charge < -0.3 is 0 Å². The second kappa shape index (κ2) is 6.35. The second-order valence-electron chi connectivity index (χ2n) is 4.98. The molecule has 0 aromatic heterocycles. The van der Waals surface area contributed by atoms with Crippen molar-refractivity contribution in [1.82, 2.24) is 0 Å². The molecule has 0 fully saturated rings. The summed E-state index contributed by atoms with van der Waals surface area (Å²) in [4.78, 5) is 13.0. The molecule has 1 heterocycles. The molecule has 0 radical (unpaired) electrons. The Hall–Kier alpha value is -1.05. The number of nitrogens with zero attached hydrogens (tertiary/aromatic N) is 1. The van der Waals surface area contributed by atoms with Crippen molar-refractivity contribution < 1.29 is 13.2 Å². The number of Topliss-reactive ketones (excluding diaryl/α,β-unsaturated/α-hetero) is 1. The molecule has 0 N–H and O–H groups in total. The molecule has 4 nitrogen and oxygen atoms in total. The lowest BCUT2D eigenvalue weighted by Gasteiger charge is -2.17. The summed E-state index contributed by atoms with van der Waals surface area (Å²) >= 11 is 18.7. The van der Waals surface area contributed by atoms with E-state index in [0.29, 0.717) is 20.5 Å². The van der Waals surface area contributed by atoms with E-state index in [1.165, 1.54) is 24.3 Å². The third kappa shape index (κ3) is 3.21. The van der Waals surface area contributed by atoms with E-state index in [1.54, 1.807) is 13.0 Å². The van der Waals surface area contributed by atoms with Crippen molar-refractivity contribution in [3.63, 3.8) is 0 Å². The fourth-order valence-electron chi connectivity index (χ4n) is 2.23. The number of carbonyl (C=O) groups excluding carboxylic acids is 1. The first kappa shape index (κ1) is 17.8. The first-order valence-corrected chi connectivity index (χ1v) is 9.91. The van der Waals surface area contributed by atoms with Gasteiger partial charge >= 0.3 is 0 Å². The Bertz CT molecular complexity index is 1020. The number of fused-ring (bicyclic) bond motifs is 1. The van der Waals surface area contributed by atoms with Gasteiger partial charge in [0.2, 0.25) is 5.78 Å². The number of ketones is 1. The zero-order valence-corrected chi connectivity index (χ0v) is 15.9. The summed E-state index contributed by atoms with van der Waals surface area (Å²) < 4.78 is 28.5. The van der Waals surface area contributed by atoms with Crippen LogP contribution in [0.25, 0.3) is 0 Å². The predicted octanol–water partition coefficient (Wildman–Crippen LogP) is 5.03. The highest BCUT2D eigenvalue weighted by molar-refractivity contribution is 8.17. The van der Waals surface area contributed by atoms with Crippen molar-refractivity contribution in [2.75, 3.05) is 0 Å². The molecule has 0 saturated heterocycles. The number of hydrogen-bond donors (Lipinski definition) is 0. The number of aryl methyl sites for hydroxylation is 1. The van der Waals surface area contributed by atoms with E-state index >= 15 is 0 Å². The van der Waals surface area contributed by atoms with E-state index in [4.69, 9.17) is 34.8 Å². The highest BCUT2D eigenvalue weighted by Gasteiger charge is 2.31. The van der Waals surface area contributed by atoms with Gasteiger partial charge in [-0.15, -0.1) is 4.40 Å². The molecule has 0 saturated carbocycles. The van der Waals surface area contributed by atoms with Gasteiger partial charge in [-0.2, -0.15) is 8.42 Å². The number of thioether (sulfide) groups is 1. The Morgan fingerprint density at radius 1 is 1.08 bits per heavy atom. The van der Waals surface area contributed by atoms with Gasteiger partial charge in [-0.3, -0.25) is 4.79 Å². The average molecular weight is 421 g/mol. The Labute approximate surface area is 157 Å². The van der Waals surface area contributed by atoms with Crippen LogP contribution in [0.5, 0.6) is 0 Å². The molecule has 1 aliphatic rings. The number of benzene rings is 2. The van der Waals surface area contributed by atoms with Crippen LogP contribution in [0.4, 0.5) is 0 Å². The van der Waals surface area contributed by atoms with E-state index in [9.17, 15) is 13.2 Å². The third-order valence-electron chi connectivity index (χ3n) is 3.25. The van der Waals surface area contributed by atoms with Gasteiger partial charge in [0.05, 0.1) is 10.0 Å². The van der Waals surface area contributed by atoms with Crippen LogP contribution in [0, 0.1) is 6.92 Å². The van der Waals surface area contributed by atoms with Crippen LogP contribution in [0.15, 0.2) is 44.5 Å². The molecule has 0 atom stereocenters. The highest BCUT2D eigenvalue weighted by Crippen LogP contribution is 2.39. The highest BCUT2D eigenvalue weighted by atomic mass is 35.5. The first-order valence-electron chi connectivity index (χ1n) is 6.52. The molecule has 0 amide bonds. The van der Waals surface area contributed by atoms with Crippen molar-refractivity contribution in [2.45, 2.75) is 16.7 Å². The quantitative estimate of drug-likeness (QED) is 0.639. The van der Waals surface area contributed by atoms with Gasteiger partial charge in [0, 0.05) is 15.5 Å². The van der Waals surface area contributed by atoms with E-state index in [0.717, 1.165) is 11.8 Å². The van der Waals surface area contributed by atoms with Gasteiger partial charge in [0.25, 0.3) is 10.0 Å². The summed E-state index contributed by atoms with van der Waals surface area (Å²) in [5.41, 5.74) is 0.683. The first-order chi connectivity index (χ1) is 11.2. The van der Waals surface area contributed by atoms with Gasteiger partial charge in [0.1, 0.15) is 4.90 Å². The number of halogens is 3. The SMILES string of the molecule is Cc1cc(Cl)cc2c1S(=O)(=O)N=C(C(=O)c1ccc(Cl)c(Cl)c1)S2. The van der Waals surface area contributed by atoms with Crippen LogP contribution in [-0.2, 0) is 10.0 Å². The van der Waals surface area contributed by atoms with Gasteiger partial charge in [-0.25, -0.2) is 0 Å². The van der Waals surface area contributed by atoms with E-state index in [2.05, 4.69) is 4.40 Å². The Morgan fingerprint density at radius 2 is 1.79 bits per heavy atom. The molecule has 0 aliphatic carbocycles. The predicted molar refractivity (Wildman–Crippen MR) is 97.5 cm³/mol. The Kier molecular flexibility index (Phi) is 4.70. The normalized spacial score (nSPS) is 15.6. The maximum atomic E-state index is 12.6. The van der Waals surface area contributed by atoms with Crippen LogP contribution in [0.1, 0.15) is 15.9 Å². The van der Waals surface area contributed by atoms with Crippen LogP contribution >= 0.6 is 46.6 Å². The number of sulfonamides is 1. The molecule has 0 bridgehead atoms. The van der Waals surface area contributed by atoms with Crippen molar-refractivity contribution >= 4 is 67.4 Å². The molecule has 0 unspecified atom stereocenters. The summed E-state index contributed by atoms with van der Waals surface area (Å²) in [6, 6.07) is 7.35. The summed E-state index contributed by atoms with van der Waals surface area (Å²) in [5, 5.41) is 0.720. The third-order valence-corrected chi connectivity index (χ3v) is 6.94. The van der Waals surface area contributed by atoms with Crippen LogP contribution < -0.4 is 0 Å². The number of hydrogen-bond acceptors (Lipinski definition) is 4.